The zero-order chi connectivity index (χ0) is 9.68. The van der Waals surface area contributed by atoms with Crippen LogP contribution in [-0.4, -0.2) is 31.2 Å². The van der Waals surface area contributed by atoms with Crippen LogP contribution in [0, 0.1) is 0 Å². The molecule has 76 valence electrons. The topological polar surface area (TPSA) is 64.3 Å². The van der Waals surface area contributed by atoms with Crippen molar-refractivity contribution in [3.63, 3.8) is 0 Å². The van der Waals surface area contributed by atoms with Crippen molar-refractivity contribution in [1.29, 1.82) is 0 Å². The second kappa shape index (κ2) is 5.19. The molecule has 0 bridgehead atoms. The monoisotopic (exact) mass is 186 g/mol. The molecule has 4 nitrogen and oxygen atoms in total. The minimum Gasteiger partial charge on any atom is -0.466 e. The van der Waals surface area contributed by atoms with Gasteiger partial charge >= 0.3 is 5.97 Å². The molecule has 3 N–H and O–H groups in total. The average Bonchev–Trinajstić information content (AvgIpc) is 2.01. The zero-order valence-corrected chi connectivity index (χ0v) is 8.08. The number of hydrogen-bond acceptors (Lipinski definition) is 4. The number of esters is 1. The lowest BCUT2D eigenvalue weighted by Gasteiger charge is -2.33. The van der Waals surface area contributed by atoms with E-state index in [1.807, 2.05) is 6.92 Å². The fourth-order valence-corrected chi connectivity index (χ4v) is 1.44. The largest absolute Gasteiger partial charge is 0.466 e. The Balaban J connectivity index is 1.92. The van der Waals surface area contributed by atoms with Crippen LogP contribution in [0.2, 0.25) is 0 Å². The van der Waals surface area contributed by atoms with Gasteiger partial charge in [0.1, 0.15) is 0 Å². The van der Waals surface area contributed by atoms with Crippen molar-refractivity contribution in [2.45, 2.75) is 38.3 Å². The molecule has 0 saturated heterocycles. The molecule has 1 rings (SSSR count). The van der Waals surface area contributed by atoms with E-state index in [0.717, 1.165) is 12.8 Å². The summed E-state index contributed by atoms with van der Waals surface area (Å²) in [6.07, 6.45) is 2.52. The molecule has 0 aliphatic heterocycles. The van der Waals surface area contributed by atoms with Gasteiger partial charge in [0.2, 0.25) is 0 Å². The smallest absolute Gasteiger partial charge is 0.307 e. The second-order valence-electron chi connectivity index (χ2n) is 3.44. The molecule has 4 heteroatoms. The van der Waals surface area contributed by atoms with Crippen LogP contribution in [-0.2, 0) is 9.53 Å². The van der Waals surface area contributed by atoms with Crippen molar-refractivity contribution in [2.75, 3.05) is 13.2 Å². The summed E-state index contributed by atoms with van der Waals surface area (Å²) in [5, 5.41) is 3.26. The third-order valence-electron chi connectivity index (χ3n) is 2.24. The molecule has 0 radical (unpaired) electrons. The molecule has 0 unspecified atom stereocenters. The van der Waals surface area contributed by atoms with Gasteiger partial charge in [-0.05, 0) is 19.8 Å². The summed E-state index contributed by atoms with van der Waals surface area (Å²) in [7, 11) is 0. The summed E-state index contributed by atoms with van der Waals surface area (Å²) in [6.45, 7) is 2.99. The SMILES string of the molecule is CCOC(=O)CCNC1CC(N)C1. The number of carbonyl (C=O) groups excluding carboxylic acids is 1. The summed E-state index contributed by atoms with van der Waals surface area (Å²) in [5.74, 6) is -0.126. The molecule has 0 aromatic carbocycles. The maximum Gasteiger partial charge on any atom is 0.307 e. The molecule has 0 aromatic heterocycles. The van der Waals surface area contributed by atoms with E-state index in [2.05, 4.69) is 5.32 Å². The highest BCUT2D eigenvalue weighted by Crippen LogP contribution is 2.16. The molecule has 0 heterocycles. The van der Waals surface area contributed by atoms with Crippen LogP contribution >= 0.6 is 0 Å². The van der Waals surface area contributed by atoms with E-state index in [4.69, 9.17) is 10.5 Å². The molecule has 1 fully saturated rings. The summed E-state index contributed by atoms with van der Waals surface area (Å²) in [5.41, 5.74) is 5.62. The molecule has 13 heavy (non-hydrogen) atoms. The number of rotatable bonds is 5. The lowest BCUT2D eigenvalue weighted by molar-refractivity contribution is -0.143. The number of carbonyl (C=O) groups is 1. The molecule has 0 amide bonds. The van der Waals surface area contributed by atoms with Gasteiger partial charge in [-0.3, -0.25) is 4.79 Å². The van der Waals surface area contributed by atoms with Gasteiger partial charge in [-0.2, -0.15) is 0 Å². The number of hydrogen-bond donors (Lipinski definition) is 2. The maximum atomic E-state index is 10.9. The van der Waals surface area contributed by atoms with Crippen LogP contribution in [0.15, 0.2) is 0 Å². The van der Waals surface area contributed by atoms with E-state index in [1.165, 1.54) is 0 Å². The first-order chi connectivity index (χ1) is 6.22. The van der Waals surface area contributed by atoms with Crippen molar-refractivity contribution in [3.8, 4) is 0 Å². The number of nitrogens with one attached hydrogen (secondary N) is 1. The summed E-state index contributed by atoms with van der Waals surface area (Å²) >= 11 is 0. The van der Waals surface area contributed by atoms with Crippen LogP contribution in [0.25, 0.3) is 0 Å². The predicted octanol–water partition coefficient (Wildman–Crippen LogP) is 0.0189. The Morgan fingerprint density at radius 3 is 2.85 bits per heavy atom. The van der Waals surface area contributed by atoms with Gasteiger partial charge in [-0.25, -0.2) is 0 Å². The third-order valence-corrected chi connectivity index (χ3v) is 2.24. The van der Waals surface area contributed by atoms with Gasteiger partial charge < -0.3 is 15.8 Å². The first kappa shape index (κ1) is 10.5. The van der Waals surface area contributed by atoms with E-state index >= 15 is 0 Å². The fourth-order valence-electron chi connectivity index (χ4n) is 1.44. The van der Waals surface area contributed by atoms with Gasteiger partial charge in [-0.15, -0.1) is 0 Å². The van der Waals surface area contributed by atoms with Crippen molar-refractivity contribution in [3.05, 3.63) is 0 Å². The van der Waals surface area contributed by atoms with Crippen LogP contribution in [0.3, 0.4) is 0 Å². The minimum atomic E-state index is -0.126. The van der Waals surface area contributed by atoms with E-state index in [9.17, 15) is 4.79 Å². The highest BCUT2D eigenvalue weighted by molar-refractivity contribution is 5.69. The highest BCUT2D eigenvalue weighted by atomic mass is 16.5. The van der Waals surface area contributed by atoms with Crippen LogP contribution in [0.4, 0.5) is 0 Å². The first-order valence-corrected chi connectivity index (χ1v) is 4.87. The Morgan fingerprint density at radius 2 is 2.31 bits per heavy atom. The fraction of sp³-hybridized carbons (Fsp3) is 0.889. The maximum absolute atomic E-state index is 10.9. The van der Waals surface area contributed by atoms with Crippen molar-refractivity contribution < 1.29 is 9.53 Å². The molecule has 0 atom stereocenters. The minimum absolute atomic E-state index is 0.126. The van der Waals surface area contributed by atoms with E-state index in [0.29, 0.717) is 31.7 Å². The van der Waals surface area contributed by atoms with Crippen molar-refractivity contribution >= 4 is 5.97 Å². The predicted molar refractivity (Wildman–Crippen MR) is 50.3 cm³/mol. The zero-order valence-electron chi connectivity index (χ0n) is 8.08. The van der Waals surface area contributed by atoms with Crippen molar-refractivity contribution in [2.24, 2.45) is 5.73 Å². The normalized spacial score (nSPS) is 26.6. The van der Waals surface area contributed by atoms with Gasteiger partial charge in [0.05, 0.1) is 13.0 Å². The molecular formula is C9H18N2O2. The summed E-state index contributed by atoms with van der Waals surface area (Å²) in [6, 6.07) is 0.879. The van der Waals surface area contributed by atoms with Gasteiger partial charge in [-0.1, -0.05) is 0 Å². The number of nitrogens with two attached hydrogens (primary N) is 1. The standard InChI is InChI=1S/C9H18N2O2/c1-2-13-9(12)3-4-11-8-5-7(10)6-8/h7-8,11H,2-6,10H2,1H3. The molecule has 1 aliphatic carbocycles. The molecular weight excluding hydrogens is 168 g/mol. The Morgan fingerprint density at radius 1 is 1.62 bits per heavy atom. The van der Waals surface area contributed by atoms with Crippen LogP contribution < -0.4 is 11.1 Å². The molecule has 0 spiro atoms. The Labute approximate surface area is 78.8 Å². The van der Waals surface area contributed by atoms with E-state index in [-0.39, 0.29) is 5.97 Å². The summed E-state index contributed by atoms with van der Waals surface area (Å²) < 4.78 is 4.79. The van der Waals surface area contributed by atoms with Crippen molar-refractivity contribution in [1.82, 2.24) is 5.32 Å². The third kappa shape index (κ3) is 3.74. The average molecular weight is 186 g/mol. The second-order valence-corrected chi connectivity index (χ2v) is 3.44. The van der Waals surface area contributed by atoms with Gasteiger partial charge in [0.25, 0.3) is 0 Å². The molecule has 0 aromatic rings. The first-order valence-electron chi connectivity index (χ1n) is 4.87. The molecule has 1 aliphatic rings. The van der Waals surface area contributed by atoms with Gasteiger partial charge in [0, 0.05) is 18.6 Å². The highest BCUT2D eigenvalue weighted by Gasteiger charge is 2.24. The lowest BCUT2D eigenvalue weighted by atomic mass is 9.88. The quantitative estimate of drug-likeness (QED) is 0.594. The van der Waals surface area contributed by atoms with Crippen LogP contribution in [0.5, 0.6) is 0 Å². The van der Waals surface area contributed by atoms with E-state index < -0.39 is 0 Å². The summed E-state index contributed by atoms with van der Waals surface area (Å²) in [4.78, 5) is 10.9. The Hall–Kier alpha value is -0.610. The molecule has 1 saturated carbocycles. The lowest BCUT2D eigenvalue weighted by Crippen LogP contribution is -2.48. The Bertz CT molecular complexity index is 167. The Kier molecular flexibility index (Phi) is 4.18. The van der Waals surface area contributed by atoms with Crippen LogP contribution in [0.1, 0.15) is 26.2 Å². The van der Waals surface area contributed by atoms with E-state index in [1.54, 1.807) is 0 Å². The van der Waals surface area contributed by atoms with Gasteiger partial charge in [0.15, 0.2) is 0 Å². The number of ether oxygens (including phenoxy) is 1.